The van der Waals surface area contributed by atoms with Gasteiger partial charge in [0, 0.05) is 16.0 Å². The first-order valence-electron chi connectivity index (χ1n) is 6.69. The molecule has 1 aliphatic rings. The Morgan fingerprint density at radius 2 is 2.11 bits per heavy atom. The maximum absolute atomic E-state index is 12.8. The number of carbonyl (C=O) groups is 1. The molecule has 1 saturated heterocycles. The molecule has 0 atom stereocenters. The van der Waals surface area contributed by atoms with Gasteiger partial charge in [-0.1, -0.05) is 37.1 Å². The van der Waals surface area contributed by atoms with Crippen LogP contribution in [0, 0.1) is 5.41 Å². The van der Waals surface area contributed by atoms with Crippen molar-refractivity contribution >= 4 is 17.4 Å². The summed E-state index contributed by atoms with van der Waals surface area (Å²) < 4.78 is 0. The molecular formula is C15H20ClNO. The normalized spacial score (nSPS) is 18.6. The topological polar surface area (TPSA) is 29.1 Å². The quantitative estimate of drug-likeness (QED) is 0.842. The third kappa shape index (κ3) is 2.76. The van der Waals surface area contributed by atoms with Gasteiger partial charge in [0.05, 0.1) is 0 Å². The summed E-state index contributed by atoms with van der Waals surface area (Å²) in [6.45, 7) is 4.02. The molecule has 1 aliphatic heterocycles. The van der Waals surface area contributed by atoms with Gasteiger partial charge in [-0.15, -0.1) is 0 Å². The summed E-state index contributed by atoms with van der Waals surface area (Å²) in [5.41, 5.74) is 0.586. The van der Waals surface area contributed by atoms with E-state index in [1.807, 2.05) is 18.2 Å². The predicted molar refractivity (Wildman–Crippen MR) is 75.2 cm³/mol. The van der Waals surface area contributed by atoms with E-state index in [0.717, 1.165) is 44.3 Å². The van der Waals surface area contributed by atoms with Gasteiger partial charge >= 0.3 is 0 Å². The number of nitrogens with one attached hydrogen (secondary N) is 1. The zero-order chi connectivity index (χ0) is 13.0. The van der Waals surface area contributed by atoms with Crippen LogP contribution in [0.3, 0.4) is 0 Å². The Bertz CT molecular complexity index is 419. The second-order valence-corrected chi connectivity index (χ2v) is 5.56. The van der Waals surface area contributed by atoms with Crippen LogP contribution < -0.4 is 5.32 Å². The van der Waals surface area contributed by atoms with Crippen LogP contribution in [0.15, 0.2) is 24.3 Å². The van der Waals surface area contributed by atoms with Crippen molar-refractivity contribution in [1.82, 2.24) is 5.32 Å². The molecule has 0 spiro atoms. The van der Waals surface area contributed by atoms with Gasteiger partial charge < -0.3 is 5.32 Å². The van der Waals surface area contributed by atoms with Gasteiger partial charge in [0.2, 0.25) is 0 Å². The van der Waals surface area contributed by atoms with Crippen LogP contribution in [0.2, 0.25) is 5.02 Å². The molecule has 0 radical (unpaired) electrons. The van der Waals surface area contributed by atoms with E-state index < -0.39 is 0 Å². The Morgan fingerprint density at radius 3 is 2.72 bits per heavy atom. The summed E-state index contributed by atoms with van der Waals surface area (Å²) in [4.78, 5) is 12.8. The Balaban J connectivity index is 2.28. The number of rotatable bonds is 4. The molecule has 0 saturated carbocycles. The highest BCUT2D eigenvalue weighted by Crippen LogP contribution is 2.37. The van der Waals surface area contributed by atoms with Gasteiger partial charge in [-0.05, 0) is 44.5 Å². The number of halogens is 1. The molecule has 2 rings (SSSR count). The second kappa shape index (κ2) is 5.85. The molecule has 2 nitrogen and oxygen atoms in total. The monoisotopic (exact) mass is 265 g/mol. The molecule has 1 N–H and O–H groups in total. The first-order valence-corrected chi connectivity index (χ1v) is 7.07. The fourth-order valence-electron chi connectivity index (χ4n) is 2.91. The molecular weight excluding hydrogens is 246 g/mol. The van der Waals surface area contributed by atoms with Crippen molar-refractivity contribution in [3.63, 3.8) is 0 Å². The molecule has 1 fully saturated rings. The van der Waals surface area contributed by atoms with E-state index in [0.29, 0.717) is 5.02 Å². The first-order chi connectivity index (χ1) is 8.68. The second-order valence-electron chi connectivity index (χ2n) is 5.12. The summed E-state index contributed by atoms with van der Waals surface area (Å²) in [6.07, 6.45) is 3.89. The average Bonchev–Trinajstić information content (AvgIpc) is 2.39. The molecule has 1 aromatic rings. The molecule has 1 aromatic carbocycles. The standard InChI is InChI=1S/C15H20ClNO/c1-2-6-15(7-9-17-10-8-15)14(18)12-4-3-5-13(16)11-12/h3-5,11,17H,2,6-10H2,1H3. The largest absolute Gasteiger partial charge is 0.317 e. The van der Waals surface area contributed by atoms with Crippen LogP contribution >= 0.6 is 11.6 Å². The third-order valence-corrected chi connectivity index (χ3v) is 4.09. The number of benzene rings is 1. The lowest BCUT2D eigenvalue weighted by atomic mass is 9.70. The number of hydrogen-bond acceptors (Lipinski definition) is 2. The zero-order valence-corrected chi connectivity index (χ0v) is 11.6. The minimum atomic E-state index is -0.176. The molecule has 18 heavy (non-hydrogen) atoms. The lowest BCUT2D eigenvalue weighted by Crippen LogP contribution is -2.42. The van der Waals surface area contributed by atoms with Gasteiger partial charge in [0.1, 0.15) is 0 Å². The summed E-state index contributed by atoms with van der Waals surface area (Å²) in [6, 6.07) is 7.35. The van der Waals surface area contributed by atoms with E-state index in [2.05, 4.69) is 12.2 Å². The van der Waals surface area contributed by atoms with E-state index >= 15 is 0 Å². The minimum Gasteiger partial charge on any atom is -0.317 e. The van der Waals surface area contributed by atoms with Crippen LogP contribution in [0.5, 0.6) is 0 Å². The number of ketones is 1. The SMILES string of the molecule is CCCC1(C(=O)c2cccc(Cl)c2)CCNCC1. The number of piperidine rings is 1. The highest BCUT2D eigenvalue weighted by Gasteiger charge is 2.38. The highest BCUT2D eigenvalue weighted by molar-refractivity contribution is 6.31. The van der Waals surface area contributed by atoms with E-state index in [1.54, 1.807) is 6.07 Å². The molecule has 0 aliphatic carbocycles. The van der Waals surface area contributed by atoms with Crippen molar-refractivity contribution in [3.8, 4) is 0 Å². The average molecular weight is 266 g/mol. The molecule has 0 unspecified atom stereocenters. The molecule has 0 aromatic heterocycles. The summed E-state index contributed by atoms with van der Waals surface area (Å²) in [5.74, 6) is 0.272. The highest BCUT2D eigenvalue weighted by atomic mass is 35.5. The zero-order valence-electron chi connectivity index (χ0n) is 10.8. The van der Waals surface area contributed by atoms with Crippen LogP contribution in [-0.4, -0.2) is 18.9 Å². The van der Waals surface area contributed by atoms with Crippen molar-refractivity contribution in [2.24, 2.45) is 5.41 Å². The van der Waals surface area contributed by atoms with E-state index in [-0.39, 0.29) is 11.2 Å². The molecule has 1 heterocycles. The van der Waals surface area contributed by atoms with Crippen LogP contribution in [0.4, 0.5) is 0 Å². The maximum atomic E-state index is 12.8. The number of Topliss-reactive ketones (excluding diaryl/α,β-unsaturated/α-hetero) is 1. The summed E-state index contributed by atoms with van der Waals surface area (Å²) in [5, 5.41) is 3.98. The Hall–Kier alpha value is -0.860. The van der Waals surface area contributed by atoms with Gasteiger partial charge in [0.15, 0.2) is 5.78 Å². The fourth-order valence-corrected chi connectivity index (χ4v) is 3.10. The number of hydrogen-bond donors (Lipinski definition) is 1. The van der Waals surface area contributed by atoms with Crippen molar-refractivity contribution in [1.29, 1.82) is 0 Å². The van der Waals surface area contributed by atoms with Gasteiger partial charge in [-0.3, -0.25) is 4.79 Å². The Kier molecular flexibility index (Phi) is 4.41. The molecule has 98 valence electrons. The van der Waals surface area contributed by atoms with Crippen LogP contribution in [0.25, 0.3) is 0 Å². The minimum absolute atomic E-state index is 0.176. The Morgan fingerprint density at radius 1 is 1.39 bits per heavy atom. The van der Waals surface area contributed by atoms with Crippen LogP contribution in [-0.2, 0) is 0 Å². The van der Waals surface area contributed by atoms with E-state index in [9.17, 15) is 4.79 Å². The fraction of sp³-hybridized carbons (Fsp3) is 0.533. The van der Waals surface area contributed by atoms with Gasteiger partial charge in [-0.25, -0.2) is 0 Å². The Labute approximate surface area is 114 Å². The molecule has 0 amide bonds. The maximum Gasteiger partial charge on any atom is 0.169 e. The molecule has 3 heteroatoms. The third-order valence-electron chi connectivity index (χ3n) is 3.86. The van der Waals surface area contributed by atoms with Crippen molar-refractivity contribution in [2.75, 3.05) is 13.1 Å². The number of carbonyl (C=O) groups excluding carboxylic acids is 1. The smallest absolute Gasteiger partial charge is 0.169 e. The summed E-state index contributed by atoms with van der Waals surface area (Å²) >= 11 is 5.99. The van der Waals surface area contributed by atoms with Crippen molar-refractivity contribution < 1.29 is 4.79 Å². The first kappa shape index (κ1) is 13.6. The van der Waals surface area contributed by atoms with Crippen molar-refractivity contribution in [3.05, 3.63) is 34.9 Å². The van der Waals surface area contributed by atoms with Gasteiger partial charge in [0.25, 0.3) is 0 Å². The van der Waals surface area contributed by atoms with Crippen LogP contribution in [0.1, 0.15) is 43.0 Å². The molecule has 0 bridgehead atoms. The van der Waals surface area contributed by atoms with E-state index in [1.165, 1.54) is 0 Å². The summed E-state index contributed by atoms with van der Waals surface area (Å²) in [7, 11) is 0. The van der Waals surface area contributed by atoms with Crippen molar-refractivity contribution in [2.45, 2.75) is 32.6 Å². The lowest BCUT2D eigenvalue weighted by molar-refractivity contribution is 0.0704. The predicted octanol–water partition coefficient (Wildman–Crippen LogP) is 3.69. The van der Waals surface area contributed by atoms with E-state index in [4.69, 9.17) is 11.6 Å². The van der Waals surface area contributed by atoms with Gasteiger partial charge in [-0.2, -0.15) is 0 Å². The lowest BCUT2D eigenvalue weighted by Gasteiger charge is -2.36.